The molecule has 0 radical (unpaired) electrons. The zero-order valence-corrected chi connectivity index (χ0v) is 16.4. The van der Waals surface area contributed by atoms with Crippen LogP contribution in [-0.4, -0.2) is 55.1 Å². The van der Waals surface area contributed by atoms with Gasteiger partial charge in [-0.1, -0.05) is 36.4 Å². The number of carbonyl (C=O) groups excluding carboxylic acids is 2. The van der Waals surface area contributed by atoms with E-state index in [1.807, 2.05) is 54.6 Å². The number of fused-ring (bicyclic) bond motifs is 1. The molecule has 4 rings (SSSR count). The number of piperazine rings is 1. The molecule has 7 nitrogen and oxygen atoms in total. The van der Waals surface area contributed by atoms with Gasteiger partial charge in [0.2, 0.25) is 0 Å². The van der Waals surface area contributed by atoms with E-state index in [2.05, 4.69) is 15.2 Å². The quantitative estimate of drug-likeness (QED) is 0.716. The van der Waals surface area contributed by atoms with Gasteiger partial charge in [-0.05, 0) is 23.8 Å². The lowest BCUT2D eigenvalue weighted by Crippen LogP contribution is -2.49. The average Bonchev–Trinajstić information content (AvgIpc) is 3.22. The summed E-state index contributed by atoms with van der Waals surface area (Å²) >= 11 is 0. The highest BCUT2D eigenvalue weighted by Gasteiger charge is 2.24. The van der Waals surface area contributed by atoms with Gasteiger partial charge in [-0.25, -0.2) is 4.79 Å². The molecule has 0 atom stereocenters. The van der Waals surface area contributed by atoms with E-state index in [1.54, 1.807) is 11.9 Å². The van der Waals surface area contributed by atoms with Crippen LogP contribution in [-0.2, 0) is 11.3 Å². The molecule has 1 aromatic heterocycles. The van der Waals surface area contributed by atoms with Gasteiger partial charge in [0.25, 0.3) is 5.91 Å². The summed E-state index contributed by atoms with van der Waals surface area (Å²) in [5, 5.41) is 3.65. The Kier molecular flexibility index (Phi) is 5.37. The highest BCUT2D eigenvalue weighted by Crippen LogP contribution is 2.28. The predicted octanol–water partition coefficient (Wildman–Crippen LogP) is 2.99. The number of nitrogens with zero attached hydrogens (tertiary/aromatic N) is 2. The monoisotopic (exact) mass is 392 g/mol. The molecule has 0 saturated carbocycles. The van der Waals surface area contributed by atoms with Crippen molar-refractivity contribution in [2.75, 3.05) is 38.1 Å². The fourth-order valence-corrected chi connectivity index (χ4v) is 3.61. The van der Waals surface area contributed by atoms with Crippen molar-refractivity contribution in [1.29, 1.82) is 0 Å². The first-order valence-corrected chi connectivity index (χ1v) is 9.70. The molecule has 1 saturated heterocycles. The molecule has 150 valence electrons. The molecule has 0 spiro atoms. The third-order valence-corrected chi connectivity index (χ3v) is 5.20. The van der Waals surface area contributed by atoms with Crippen LogP contribution in [0.5, 0.6) is 0 Å². The molecular formula is C22H24N4O3. The maximum absolute atomic E-state index is 12.4. The van der Waals surface area contributed by atoms with Gasteiger partial charge in [0.1, 0.15) is 12.3 Å². The third-order valence-electron chi connectivity index (χ3n) is 5.20. The number of hydrogen-bond donors (Lipinski definition) is 2. The van der Waals surface area contributed by atoms with Gasteiger partial charge in [-0.3, -0.25) is 4.79 Å². The number of carbonyl (C=O) groups is 2. The van der Waals surface area contributed by atoms with Crippen LogP contribution >= 0.6 is 0 Å². The third kappa shape index (κ3) is 4.03. The minimum Gasteiger partial charge on any atom is -0.445 e. The normalized spacial score (nSPS) is 14.1. The average molecular weight is 392 g/mol. The second kappa shape index (κ2) is 8.26. The van der Waals surface area contributed by atoms with Crippen molar-refractivity contribution in [3.63, 3.8) is 0 Å². The minimum absolute atomic E-state index is 0.141. The summed E-state index contributed by atoms with van der Waals surface area (Å²) < 4.78 is 5.44. The van der Waals surface area contributed by atoms with Crippen molar-refractivity contribution in [1.82, 2.24) is 15.2 Å². The molecule has 29 heavy (non-hydrogen) atoms. The molecule has 0 unspecified atom stereocenters. The summed E-state index contributed by atoms with van der Waals surface area (Å²) in [6, 6.07) is 17.5. The van der Waals surface area contributed by atoms with Crippen molar-refractivity contribution < 1.29 is 14.3 Å². The lowest BCUT2D eigenvalue weighted by molar-refractivity contribution is 0.0939. The number of nitrogens with one attached hydrogen (secondary N) is 2. The summed E-state index contributed by atoms with van der Waals surface area (Å²) in [5.74, 6) is -0.141. The Labute approximate surface area is 169 Å². The summed E-state index contributed by atoms with van der Waals surface area (Å²) in [4.78, 5) is 31.5. The Bertz CT molecular complexity index is 1010. The van der Waals surface area contributed by atoms with Crippen molar-refractivity contribution in [2.24, 2.45) is 0 Å². The van der Waals surface area contributed by atoms with Crippen molar-refractivity contribution in [3.05, 3.63) is 65.9 Å². The number of aromatic amines is 1. The molecule has 1 aliphatic heterocycles. The minimum atomic E-state index is -0.282. The van der Waals surface area contributed by atoms with Crippen LogP contribution in [0.2, 0.25) is 0 Å². The van der Waals surface area contributed by atoms with Gasteiger partial charge in [0.15, 0.2) is 0 Å². The zero-order chi connectivity index (χ0) is 20.2. The Morgan fingerprint density at radius 2 is 1.79 bits per heavy atom. The second-order valence-electron chi connectivity index (χ2n) is 7.01. The molecule has 1 fully saturated rings. The SMILES string of the molecule is CNC(=O)c1cc2c(N3CCN(C(=O)OCc4ccccc4)CC3)cccc2[nH]1. The molecule has 1 aliphatic rings. The number of hydrogen-bond acceptors (Lipinski definition) is 4. The number of amides is 2. The van der Waals surface area contributed by atoms with Crippen LogP contribution in [0, 0.1) is 0 Å². The van der Waals surface area contributed by atoms with E-state index in [4.69, 9.17) is 4.74 Å². The number of rotatable bonds is 4. The lowest BCUT2D eigenvalue weighted by Gasteiger charge is -2.35. The van der Waals surface area contributed by atoms with Gasteiger partial charge in [0, 0.05) is 49.8 Å². The van der Waals surface area contributed by atoms with Crippen molar-refractivity contribution in [3.8, 4) is 0 Å². The first kappa shape index (κ1) is 18.9. The van der Waals surface area contributed by atoms with Crippen LogP contribution in [0.15, 0.2) is 54.6 Å². The predicted molar refractivity (Wildman–Crippen MR) is 112 cm³/mol. The van der Waals surface area contributed by atoms with Crippen LogP contribution in [0.4, 0.5) is 10.5 Å². The fraction of sp³-hybridized carbons (Fsp3) is 0.273. The van der Waals surface area contributed by atoms with E-state index in [0.29, 0.717) is 31.9 Å². The first-order chi connectivity index (χ1) is 14.2. The smallest absolute Gasteiger partial charge is 0.410 e. The van der Waals surface area contributed by atoms with E-state index >= 15 is 0 Å². The molecule has 7 heteroatoms. The number of H-pyrrole nitrogens is 1. The standard InChI is InChI=1S/C22H24N4O3/c1-23-21(27)19-14-17-18(24-19)8-5-9-20(17)25-10-12-26(13-11-25)22(28)29-15-16-6-3-2-4-7-16/h2-9,14,24H,10-13,15H2,1H3,(H,23,27). The lowest BCUT2D eigenvalue weighted by atomic mass is 10.1. The number of anilines is 1. The molecule has 2 heterocycles. The van der Waals surface area contributed by atoms with Crippen LogP contribution in [0.25, 0.3) is 10.9 Å². The molecule has 3 aromatic rings. The van der Waals surface area contributed by atoms with Gasteiger partial charge >= 0.3 is 6.09 Å². The van der Waals surface area contributed by atoms with Gasteiger partial charge in [-0.2, -0.15) is 0 Å². The number of benzene rings is 2. The van der Waals surface area contributed by atoms with Gasteiger partial charge in [0.05, 0.1) is 0 Å². The molecule has 0 bridgehead atoms. The fourth-order valence-electron chi connectivity index (χ4n) is 3.61. The Morgan fingerprint density at radius 3 is 2.52 bits per heavy atom. The summed E-state index contributed by atoms with van der Waals surface area (Å²) in [6.45, 7) is 2.89. The Morgan fingerprint density at radius 1 is 1.03 bits per heavy atom. The van der Waals surface area contributed by atoms with E-state index in [1.165, 1.54) is 0 Å². The molecule has 2 amide bonds. The largest absolute Gasteiger partial charge is 0.445 e. The Balaban J connectivity index is 1.40. The van der Waals surface area contributed by atoms with E-state index in [9.17, 15) is 9.59 Å². The van der Waals surface area contributed by atoms with Crippen molar-refractivity contribution >= 4 is 28.6 Å². The van der Waals surface area contributed by atoms with E-state index < -0.39 is 0 Å². The second-order valence-corrected chi connectivity index (χ2v) is 7.01. The summed E-state index contributed by atoms with van der Waals surface area (Å²) in [6.07, 6.45) is -0.282. The summed E-state index contributed by atoms with van der Waals surface area (Å²) in [5.41, 5.74) is 3.50. The number of aromatic nitrogens is 1. The van der Waals surface area contributed by atoms with Gasteiger partial charge in [-0.15, -0.1) is 0 Å². The maximum atomic E-state index is 12.4. The summed E-state index contributed by atoms with van der Waals surface area (Å²) in [7, 11) is 1.62. The van der Waals surface area contributed by atoms with Crippen LogP contribution in [0.3, 0.4) is 0 Å². The molecule has 2 N–H and O–H groups in total. The molecule has 2 aromatic carbocycles. The first-order valence-electron chi connectivity index (χ1n) is 9.70. The highest BCUT2D eigenvalue weighted by molar-refractivity contribution is 6.01. The highest BCUT2D eigenvalue weighted by atomic mass is 16.6. The molecule has 0 aliphatic carbocycles. The van der Waals surface area contributed by atoms with Crippen molar-refractivity contribution in [2.45, 2.75) is 6.61 Å². The molecular weight excluding hydrogens is 368 g/mol. The van der Waals surface area contributed by atoms with Gasteiger partial charge < -0.3 is 24.8 Å². The van der Waals surface area contributed by atoms with Crippen LogP contribution < -0.4 is 10.2 Å². The number of ether oxygens (including phenoxy) is 1. The maximum Gasteiger partial charge on any atom is 0.410 e. The van der Waals surface area contributed by atoms with E-state index in [-0.39, 0.29) is 18.6 Å². The zero-order valence-electron chi connectivity index (χ0n) is 16.4. The van der Waals surface area contributed by atoms with E-state index in [0.717, 1.165) is 22.2 Å². The van der Waals surface area contributed by atoms with Crippen LogP contribution in [0.1, 0.15) is 16.1 Å². The Hall–Kier alpha value is -3.48. The topological polar surface area (TPSA) is 77.7 Å².